The predicted octanol–water partition coefficient (Wildman–Crippen LogP) is 3.68. The van der Waals surface area contributed by atoms with E-state index in [0.717, 1.165) is 22.4 Å². The largest absolute Gasteiger partial charge is 0.494 e. The topological polar surface area (TPSA) is 75.7 Å². The van der Waals surface area contributed by atoms with Crippen molar-refractivity contribution in [3.63, 3.8) is 0 Å². The van der Waals surface area contributed by atoms with Crippen LogP contribution in [0.15, 0.2) is 54.6 Å². The van der Waals surface area contributed by atoms with Crippen LogP contribution in [0, 0.1) is 0 Å². The summed E-state index contributed by atoms with van der Waals surface area (Å²) in [5.74, 6) is 0.0342. The number of amides is 3. The molecule has 134 valence electrons. The van der Waals surface area contributed by atoms with E-state index in [1.165, 1.54) is 0 Å². The van der Waals surface area contributed by atoms with Gasteiger partial charge in [-0.15, -0.1) is 0 Å². The molecule has 2 aromatic rings. The predicted molar refractivity (Wildman–Crippen MR) is 102 cm³/mol. The molecule has 0 saturated carbocycles. The van der Waals surface area contributed by atoms with E-state index in [0.29, 0.717) is 18.0 Å². The van der Waals surface area contributed by atoms with Crippen molar-refractivity contribution in [3.8, 4) is 5.75 Å². The monoisotopic (exact) mass is 370 g/mol. The van der Waals surface area contributed by atoms with Crippen molar-refractivity contribution in [1.82, 2.24) is 0 Å². The van der Waals surface area contributed by atoms with E-state index in [-0.39, 0.29) is 23.5 Å². The second-order valence-corrected chi connectivity index (χ2v) is 6.75. The molecule has 0 aromatic heterocycles. The van der Waals surface area contributed by atoms with Crippen molar-refractivity contribution in [2.45, 2.75) is 18.6 Å². The highest BCUT2D eigenvalue weighted by Gasteiger charge is 2.41. The van der Waals surface area contributed by atoms with Gasteiger partial charge in [-0.3, -0.25) is 14.4 Å². The van der Waals surface area contributed by atoms with E-state index < -0.39 is 5.25 Å². The van der Waals surface area contributed by atoms with E-state index in [1.54, 1.807) is 48.5 Å². The molecule has 26 heavy (non-hydrogen) atoms. The number of nitrogens with zero attached hydrogens (tertiary/aromatic N) is 1. The first-order valence-corrected chi connectivity index (χ1v) is 9.09. The van der Waals surface area contributed by atoms with Gasteiger partial charge in [0.05, 0.1) is 12.3 Å². The fourth-order valence-corrected chi connectivity index (χ4v) is 3.56. The van der Waals surface area contributed by atoms with Crippen molar-refractivity contribution in [1.29, 1.82) is 0 Å². The molecule has 1 N–H and O–H groups in total. The normalized spacial score (nSPS) is 16.7. The minimum absolute atomic E-state index is 0.0637. The summed E-state index contributed by atoms with van der Waals surface area (Å²) in [7, 11) is 0. The number of benzene rings is 2. The first kappa shape index (κ1) is 18.0. The number of carbonyl (C=O) groups is 3. The second kappa shape index (κ2) is 8.05. The first-order chi connectivity index (χ1) is 12.6. The van der Waals surface area contributed by atoms with Crippen LogP contribution in [-0.4, -0.2) is 28.9 Å². The Morgan fingerprint density at radius 1 is 1.12 bits per heavy atom. The highest BCUT2D eigenvalue weighted by molar-refractivity contribution is 8.15. The molecule has 1 aliphatic heterocycles. The van der Waals surface area contributed by atoms with Gasteiger partial charge < -0.3 is 10.1 Å². The molecule has 0 unspecified atom stereocenters. The molecule has 1 fully saturated rings. The zero-order valence-corrected chi connectivity index (χ0v) is 15.0. The molecule has 2 aromatic carbocycles. The Morgan fingerprint density at radius 2 is 1.81 bits per heavy atom. The van der Waals surface area contributed by atoms with E-state index in [1.807, 2.05) is 13.0 Å². The number of para-hydroxylation sites is 1. The smallest absolute Gasteiger partial charge is 0.293 e. The summed E-state index contributed by atoms with van der Waals surface area (Å²) < 4.78 is 5.35. The van der Waals surface area contributed by atoms with Crippen LogP contribution in [0.4, 0.5) is 16.2 Å². The number of ether oxygens (including phenoxy) is 1. The zero-order valence-electron chi connectivity index (χ0n) is 14.2. The third kappa shape index (κ3) is 4.05. The van der Waals surface area contributed by atoms with Crippen molar-refractivity contribution < 1.29 is 19.1 Å². The maximum absolute atomic E-state index is 12.5. The highest BCUT2D eigenvalue weighted by Crippen LogP contribution is 2.33. The summed E-state index contributed by atoms with van der Waals surface area (Å²) in [6, 6.07) is 15.7. The molecule has 1 saturated heterocycles. The van der Waals surface area contributed by atoms with Crippen LogP contribution in [-0.2, 0) is 9.59 Å². The lowest BCUT2D eigenvalue weighted by molar-refractivity contribution is -0.121. The van der Waals surface area contributed by atoms with Gasteiger partial charge in [-0.25, -0.2) is 4.90 Å². The molecule has 0 radical (unpaired) electrons. The molecule has 7 heteroatoms. The number of anilines is 2. The number of nitrogens with one attached hydrogen (secondary N) is 1. The minimum Gasteiger partial charge on any atom is -0.494 e. The standard InChI is InChI=1S/C19H18N2O4S/c1-2-25-15-10-8-13(9-11-15)20-17(22)12-16-18(23)21(19(24)26-16)14-6-4-3-5-7-14/h3-11,16H,2,12H2,1H3,(H,20,22)/t16-/m1/s1. The van der Waals surface area contributed by atoms with Crippen LogP contribution in [0.5, 0.6) is 5.75 Å². The number of thioether (sulfide) groups is 1. The van der Waals surface area contributed by atoms with E-state index >= 15 is 0 Å². The molecular formula is C19H18N2O4S. The van der Waals surface area contributed by atoms with Gasteiger partial charge in [-0.05, 0) is 55.1 Å². The molecule has 3 amide bonds. The van der Waals surface area contributed by atoms with E-state index in [4.69, 9.17) is 4.74 Å². The van der Waals surface area contributed by atoms with Gasteiger partial charge in [0, 0.05) is 12.1 Å². The Kier molecular flexibility index (Phi) is 5.58. The van der Waals surface area contributed by atoms with E-state index in [9.17, 15) is 14.4 Å². The molecule has 1 atom stereocenters. The zero-order chi connectivity index (χ0) is 18.5. The summed E-state index contributed by atoms with van der Waals surface area (Å²) in [6.07, 6.45) is -0.0637. The van der Waals surface area contributed by atoms with Crippen LogP contribution in [0.1, 0.15) is 13.3 Å². The van der Waals surface area contributed by atoms with Crippen LogP contribution < -0.4 is 15.0 Å². The molecule has 0 spiro atoms. The summed E-state index contributed by atoms with van der Waals surface area (Å²) in [5, 5.41) is 1.66. The number of imide groups is 1. The van der Waals surface area contributed by atoms with Crippen LogP contribution in [0.25, 0.3) is 0 Å². The van der Waals surface area contributed by atoms with Crippen LogP contribution >= 0.6 is 11.8 Å². The molecule has 0 aliphatic carbocycles. The average molecular weight is 370 g/mol. The van der Waals surface area contributed by atoms with Crippen molar-refractivity contribution in [2.24, 2.45) is 0 Å². The Morgan fingerprint density at radius 3 is 2.46 bits per heavy atom. The summed E-state index contributed by atoms with van der Waals surface area (Å²) in [5.41, 5.74) is 1.13. The molecule has 6 nitrogen and oxygen atoms in total. The Bertz CT molecular complexity index is 808. The maximum Gasteiger partial charge on any atom is 0.293 e. The lowest BCUT2D eigenvalue weighted by Gasteiger charge is -2.13. The lowest BCUT2D eigenvalue weighted by atomic mass is 10.2. The Hall–Kier alpha value is -2.80. The summed E-state index contributed by atoms with van der Waals surface area (Å²) >= 11 is 0.881. The second-order valence-electron chi connectivity index (χ2n) is 5.59. The van der Waals surface area contributed by atoms with Gasteiger partial charge in [0.25, 0.3) is 5.24 Å². The minimum atomic E-state index is -0.717. The molecule has 3 rings (SSSR count). The summed E-state index contributed by atoms with van der Waals surface area (Å²) in [4.78, 5) is 38.0. The van der Waals surface area contributed by atoms with Crippen molar-refractivity contribution in [2.75, 3.05) is 16.8 Å². The van der Waals surface area contributed by atoms with Gasteiger partial charge in [-0.1, -0.05) is 18.2 Å². The van der Waals surface area contributed by atoms with Gasteiger partial charge >= 0.3 is 0 Å². The Balaban J connectivity index is 1.61. The Labute approximate surface area is 155 Å². The fraction of sp³-hybridized carbons (Fsp3) is 0.211. The van der Waals surface area contributed by atoms with Gasteiger partial charge in [0.2, 0.25) is 11.8 Å². The SMILES string of the molecule is CCOc1ccc(NC(=O)C[C@H]2SC(=O)N(c3ccccc3)C2=O)cc1. The quantitative estimate of drug-likeness (QED) is 0.839. The molecular weight excluding hydrogens is 352 g/mol. The van der Waals surface area contributed by atoms with E-state index in [2.05, 4.69) is 5.32 Å². The van der Waals surface area contributed by atoms with Gasteiger partial charge in [0.1, 0.15) is 11.0 Å². The van der Waals surface area contributed by atoms with Gasteiger partial charge in [0.15, 0.2) is 0 Å². The number of hydrogen-bond donors (Lipinski definition) is 1. The third-order valence-electron chi connectivity index (χ3n) is 3.76. The molecule has 1 aliphatic rings. The molecule has 0 bridgehead atoms. The number of rotatable bonds is 6. The first-order valence-electron chi connectivity index (χ1n) is 8.21. The summed E-state index contributed by atoms with van der Waals surface area (Å²) in [6.45, 7) is 2.46. The fourth-order valence-electron chi connectivity index (χ4n) is 2.58. The molecule has 1 heterocycles. The van der Waals surface area contributed by atoms with Crippen LogP contribution in [0.2, 0.25) is 0 Å². The third-order valence-corrected chi connectivity index (χ3v) is 4.79. The van der Waals surface area contributed by atoms with Crippen molar-refractivity contribution >= 4 is 40.2 Å². The number of hydrogen-bond acceptors (Lipinski definition) is 5. The highest BCUT2D eigenvalue weighted by atomic mass is 32.2. The van der Waals surface area contributed by atoms with Crippen LogP contribution in [0.3, 0.4) is 0 Å². The van der Waals surface area contributed by atoms with Crippen molar-refractivity contribution in [3.05, 3.63) is 54.6 Å². The lowest BCUT2D eigenvalue weighted by Crippen LogP contribution is -2.32. The average Bonchev–Trinajstić information content (AvgIpc) is 2.91. The van der Waals surface area contributed by atoms with Gasteiger partial charge in [-0.2, -0.15) is 0 Å². The maximum atomic E-state index is 12.5. The number of carbonyl (C=O) groups excluding carboxylic acids is 3.